The summed E-state index contributed by atoms with van der Waals surface area (Å²) in [5.41, 5.74) is 0. The number of aryl methyl sites for hydroxylation is 1. The minimum absolute atomic E-state index is 0.238. The highest BCUT2D eigenvalue weighted by Gasteiger charge is 2.21. The Hall–Kier alpha value is -0.830. The molecule has 1 aromatic rings. The summed E-state index contributed by atoms with van der Waals surface area (Å²) in [6.07, 6.45) is 5.92. The molecule has 0 spiro atoms. The molecule has 1 aliphatic carbocycles. The van der Waals surface area contributed by atoms with Crippen LogP contribution in [0.2, 0.25) is 0 Å². The molecule has 0 radical (unpaired) electrons. The van der Waals surface area contributed by atoms with Gasteiger partial charge < -0.3 is 9.73 Å². The normalized spacial score (nSPS) is 18.4. The number of rotatable bonds is 5. The summed E-state index contributed by atoms with van der Waals surface area (Å²) in [7, 11) is 0. The van der Waals surface area contributed by atoms with Crippen LogP contribution in [0.1, 0.15) is 43.9 Å². The van der Waals surface area contributed by atoms with Crippen molar-refractivity contribution in [2.24, 2.45) is 5.92 Å². The van der Waals surface area contributed by atoms with Crippen molar-refractivity contribution in [2.75, 3.05) is 6.54 Å². The molecule has 3 nitrogen and oxygen atoms in total. The van der Waals surface area contributed by atoms with E-state index >= 15 is 0 Å². The molecule has 3 heteroatoms. The summed E-state index contributed by atoms with van der Waals surface area (Å²) >= 11 is 0. The van der Waals surface area contributed by atoms with E-state index in [0.717, 1.165) is 24.1 Å². The van der Waals surface area contributed by atoms with Crippen molar-refractivity contribution in [2.45, 2.75) is 39.2 Å². The molecule has 1 aromatic heterocycles. The smallest absolute Gasteiger partial charge is 0.211 e. The molecular formula is C11H18N2O. The molecule has 0 aliphatic heterocycles. The number of aromatic nitrogens is 1. The van der Waals surface area contributed by atoms with Gasteiger partial charge in [-0.05, 0) is 32.7 Å². The highest BCUT2D eigenvalue weighted by atomic mass is 16.4. The van der Waals surface area contributed by atoms with Crippen LogP contribution >= 0.6 is 0 Å². The van der Waals surface area contributed by atoms with Crippen molar-refractivity contribution >= 4 is 0 Å². The Morgan fingerprint density at radius 3 is 3.00 bits per heavy atom. The maximum atomic E-state index is 5.44. The van der Waals surface area contributed by atoms with E-state index in [1.807, 2.05) is 6.92 Å². The first-order chi connectivity index (χ1) is 6.75. The zero-order valence-electron chi connectivity index (χ0n) is 8.92. The quantitative estimate of drug-likeness (QED) is 0.782. The lowest BCUT2D eigenvalue weighted by Gasteiger charge is -2.09. The molecule has 78 valence electrons. The third-order valence-corrected chi connectivity index (χ3v) is 2.71. The van der Waals surface area contributed by atoms with E-state index in [0.29, 0.717) is 0 Å². The van der Waals surface area contributed by atoms with Gasteiger partial charge in [0.05, 0.1) is 12.2 Å². The van der Waals surface area contributed by atoms with Crippen LogP contribution in [-0.4, -0.2) is 11.5 Å². The summed E-state index contributed by atoms with van der Waals surface area (Å²) in [6.45, 7) is 5.10. The third-order valence-electron chi connectivity index (χ3n) is 2.71. The maximum absolute atomic E-state index is 5.44. The Kier molecular flexibility index (Phi) is 2.87. The van der Waals surface area contributed by atoms with Crippen LogP contribution < -0.4 is 5.32 Å². The molecule has 1 aliphatic rings. The molecule has 2 rings (SSSR count). The molecule has 1 atom stereocenters. The molecule has 0 amide bonds. The predicted molar refractivity (Wildman–Crippen MR) is 55.0 cm³/mol. The number of oxazole rings is 1. The summed E-state index contributed by atoms with van der Waals surface area (Å²) in [5.74, 6) is 2.68. The molecule has 1 N–H and O–H groups in total. The second-order valence-electron chi connectivity index (χ2n) is 4.22. The fourth-order valence-electron chi connectivity index (χ4n) is 1.57. The van der Waals surface area contributed by atoms with Crippen LogP contribution in [0.5, 0.6) is 0 Å². The van der Waals surface area contributed by atoms with Crippen LogP contribution in [-0.2, 0) is 0 Å². The van der Waals surface area contributed by atoms with Crippen molar-refractivity contribution in [1.29, 1.82) is 0 Å². The summed E-state index contributed by atoms with van der Waals surface area (Å²) in [5, 5.41) is 3.43. The van der Waals surface area contributed by atoms with Crippen molar-refractivity contribution in [3.8, 4) is 0 Å². The van der Waals surface area contributed by atoms with Crippen LogP contribution in [0.15, 0.2) is 10.6 Å². The number of hydrogen-bond donors (Lipinski definition) is 1. The van der Waals surface area contributed by atoms with Gasteiger partial charge in [0, 0.05) is 0 Å². The largest absolute Gasteiger partial charge is 0.444 e. The third kappa shape index (κ3) is 2.58. The topological polar surface area (TPSA) is 38.1 Å². The highest BCUT2D eigenvalue weighted by molar-refractivity contribution is 4.94. The second-order valence-corrected chi connectivity index (χ2v) is 4.22. The first-order valence-electron chi connectivity index (χ1n) is 5.41. The standard InChI is InChI=1S/C11H18N2O/c1-8-7-13-11(14-8)9(2)12-6-5-10-3-4-10/h7,9-10,12H,3-6H2,1-2H3. The van der Waals surface area contributed by atoms with Gasteiger partial charge in [0.15, 0.2) is 0 Å². The van der Waals surface area contributed by atoms with Crippen LogP contribution in [0.3, 0.4) is 0 Å². The van der Waals surface area contributed by atoms with Crippen molar-refractivity contribution < 1.29 is 4.42 Å². The Morgan fingerprint density at radius 1 is 1.64 bits per heavy atom. The van der Waals surface area contributed by atoms with Gasteiger partial charge in [-0.1, -0.05) is 12.8 Å². The maximum Gasteiger partial charge on any atom is 0.211 e. The van der Waals surface area contributed by atoms with E-state index in [4.69, 9.17) is 4.42 Å². The minimum atomic E-state index is 0.238. The number of hydrogen-bond acceptors (Lipinski definition) is 3. The molecule has 1 saturated carbocycles. The Labute approximate surface area is 84.9 Å². The van der Waals surface area contributed by atoms with Gasteiger partial charge in [-0.15, -0.1) is 0 Å². The Bertz CT molecular complexity index is 291. The van der Waals surface area contributed by atoms with E-state index < -0.39 is 0 Å². The molecule has 1 heterocycles. The molecule has 0 saturated heterocycles. The van der Waals surface area contributed by atoms with Gasteiger partial charge in [0.2, 0.25) is 5.89 Å². The van der Waals surface area contributed by atoms with E-state index in [1.165, 1.54) is 19.3 Å². The van der Waals surface area contributed by atoms with Crippen molar-refractivity contribution in [3.63, 3.8) is 0 Å². The first-order valence-corrected chi connectivity index (χ1v) is 5.41. The summed E-state index contributed by atoms with van der Waals surface area (Å²) in [4.78, 5) is 4.20. The lowest BCUT2D eigenvalue weighted by Crippen LogP contribution is -2.20. The van der Waals surface area contributed by atoms with Crippen LogP contribution in [0.25, 0.3) is 0 Å². The van der Waals surface area contributed by atoms with E-state index in [9.17, 15) is 0 Å². The van der Waals surface area contributed by atoms with Crippen molar-refractivity contribution in [3.05, 3.63) is 17.8 Å². The molecular weight excluding hydrogens is 176 g/mol. The highest BCUT2D eigenvalue weighted by Crippen LogP contribution is 2.31. The average molecular weight is 194 g/mol. The SMILES string of the molecule is Cc1cnc(C(C)NCCC2CC2)o1. The van der Waals surface area contributed by atoms with Gasteiger partial charge in [0.25, 0.3) is 0 Å². The Morgan fingerprint density at radius 2 is 2.43 bits per heavy atom. The molecule has 1 unspecified atom stereocenters. The fraction of sp³-hybridized carbons (Fsp3) is 0.727. The Balaban J connectivity index is 1.73. The van der Waals surface area contributed by atoms with Gasteiger partial charge in [0.1, 0.15) is 5.76 Å². The monoisotopic (exact) mass is 194 g/mol. The van der Waals surface area contributed by atoms with Crippen LogP contribution in [0.4, 0.5) is 0 Å². The van der Waals surface area contributed by atoms with Crippen LogP contribution in [0, 0.1) is 12.8 Å². The summed E-state index contributed by atoms with van der Waals surface area (Å²) < 4.78 is 5.44. The van der Waals surface area contributed by atoms with E-state index in [1.54, 1.807) is 6.20 Å². The molecule has 1 fully saturated rings. The van der Waals surface area contributed by atoms with E-state index in [-0.39, 0.29) is 6.04 Å². The fourth-order valence-corrected chi connectivity index (χ4v) is 1.57. The number of nitrogens with one attached hydrogen (secondary N) is 1. The van der Waals surface area contributed by atoms with Crippen molar-refractivity contribution in [1.82, 2.24) is 10.3 Å². The van der Waals surface area contributed by atoms with E-state index in [2.05, 4.69) is 17.2 Å². The van der Waals surface area contributed by atoms with Gasteiger partial charge in [-0.25, -0.2) is 4.98 Å². The lowest BCUT2D eigenvalue weighted by atomic mass is 10.2. The van der Waals surface area contributed by atoms with Gasteiger partial charge >= 0.3 is 0 Å². The molecule has 0 aromatic carbocycles. The molecule has 14 heavy (non-hydrogen) atoms. The van der Waals surface area contributed by atoms with Gasteiger partial charge in [-0.3, -0.25) is 0 Å². The predicted octanol–water partition coefficient (Wildman–Crippen LogP) is 2.43. The number of nitrogens with zero attached hydrogens (tertiary/aromatic N) is 1. The van der Waals surface area contributed by atoms with Gasteiger partial charge in [-0.2, -0.15) is 0 Å². The zero-order valence-corrected chi connectivity index (χ0v) is 8.92. The minimum Gasteiger partial charge on any atom is -0.444 e. The zero-order chi connectivity index (χ0) is 9.97. The average Bonchev–Trinajstić information content (AvgIpc) is 2.87. The summed E-state index contributed by atoms with van der Waals surface area (Å²) in [6, 6.07) is 0.238. The second kappa shape index (κ2) is 4.13. The first kappa shape index (κ1) is 9.71. The lowest BCUT2D eigenvalue weighted by molar-refractivity contribution is 0.399. The molecule has 0 bridgehead atoms.